The zero-order valence-corrected chi connectivity index (χ0v) is 24.3. The predicted octanol–water partition coefficient (Wildman–Crippen LogP) is 7.71. The van der Waals surface area contributed by atoms with E-state index in [0.29, 0.717) is 54.6 Å². The minimum absolute atomic E-state index is 0.151. The summed E-state index contributed by atoms with van der Waals surface area (Å²) in [5.41, 5.74) is -2.04. The van der Waals surface area contributed by atoms with Crippen LogP contribution in [0.5, 0.6) is 0 Å². The van der Waals surface area contributed by atoms with Crippen molar-refractivity contribution < 1.29 is 31.1 Å². The number of hydrazone groups is 1. The van der Waals surface area contributed by atoms with E-state index in [1.807, 2.05) is 44.2 Å². The number of halogens is 6. The lowest BCUT2D eigenvalue weighted by Crippen LogP contribution is -2.37. The van der Waals surface area contributed by atoms with Crippen LogP contribution in [0, 0.1) is 5.92 Å². The van der Waals surface area contributed by atoms with Crippen molar-refractivity contribution in [3.05, 3.63) is 108 Å². The number of benzene rings is 2. The Kier molecular flexibility index (Phi) is 12.8. The summed E-state index contributed by atoms with van der Waals surface area (Å²) in [5, 5.41) is 18.3. The van der Waals surface area contributed by atoms with Gasteiger partial charge in [-0.3, -0.25) is 0 Å². The molecule has 0 aliphatic heterocycles. The molecule has 2 aromatic carbocycles. The fourth-order valence-electron chi connectivity index (χ4n) is 3.91. The molecule has 7 nitrogen and oxygen atoms in total. The molecule has 0 heterocycles. The molecule has 0 unspecified atom stereocenters. The van der Waals surface area contributed by atoms with Gasteiger partial charge in [0.2, 0.25) is 0 Å². The van der Waals surface area contributed by atoms with Crippen LogP contribution in [0.3, 0.4) is 0 Å². The highest BCUT2D eigenvalue weighted by atomic mass is 19.4. The molecule has 0 amide bonds. The lowest BCUT2D eigenvalue weighted by atomic mass is 9.97. The Morgan fingerprint density at radius 1 is 0.953 bits per heavy atom. The van der Waals surface area contributed by atoms with Gasteiger partial charge in [0, 0.05) is 17.3 Å². The maximum atomic E-state index is 13.5. The first-order chi connectivity index (χ1) is 20.1. The number of nitrogens with zero attached hydrogens (tertiary/aromatic N) is 4. The van der Waals surface area contributed by atoms with Crippen LogP contribution >= 0.6 is 0 Å². The standard InChI is InChI=1S/C30H36F6N6O/c1-20(2)15-28(40-22(4)16-38-23(5)43-19-24-11-8-7-9-12-24)21(3)18-42(41-37-6)39-17-25-26(29(31,32)33)13-10-14-27(25)30(34,35)36/h7-14,17,20,28,38,40H,3-5,15-16,18-19H2,1-2,6H3/b39-17+,41-37?/t28-/m0/s1. The van der Waals surface area contributed by atoms with Gasteiger partial charge in [0.1, 0.15) is 6.61 Å². The van der Waals surface area contributed by atoms with Gasteiger partial charge in [-0.25, -0.2) is 0 Å². The van der Waals surface area contributed by atoms with Gasteiger partial charge in [-0.15, -0.1) is 0 Å². The van der Waals surface area contributed by atoms with E-state index in [-0.39, 0.29) is 25.0 Å². The van der Waals surface area contributed by atoms with Crippen LogP contribution in [-0.2, 0) is 23.7 Å². The normalized spacial score (nSPS) is 12.9. The Hall–Kier alpha value is -4.29. The van der Waals surface area contributed by atoms with Crippen LogP contribution < -0.4 is 10.6 Å². The second-order valence-corrected chi connectivity index (χ2v) is 9.97. The third-order valence-corrected chi connectivity index (χ3v) is 5.91. The third kappa shape index (κ3) is 11.8. The first kappa shape index (κ1) is 34.9. The molecule has 0 saturated heterocycles. The van der Waals surface area contributed by atoms with E-state index in [4.69, 9.17) is 4.74 Å². The number of hydrogen-bond donors (Lipinski definition) is 2. The van der Waals surface area contributed by atoms with Crippen LogP contribution in [0.25, 0.3) is 0 Å². The highest BCUT2D eigenvalue weighted by molar-refractivity contribution is 5.84. The maximum Gasteiger partial charge on any atom is 0.417 e. The van der Waals surface area contributed by atoms with Crippen molar-refractivity contribution in [2.24, 2.45) is 21.4 Å². The lowest BCUT2D eigenvalue weighted by molar-refractivity contribution is -0.143. The Balaban J connectivity index is 2.14. The Bertz CT molecular complexity index is 1260. The molecule has 0 radical (unpaired) electrons. The van der Waals surface area contributed by atoms with Crippen molar-refractivity contribution in [1.82, 2.24) is 15.8 Å². The van der Waals surface area contributed by atoms with E-state index < -0.39 is 29.0 Å². The monoisotopic (exact) mass is 610 g/mol. The molecule has 13 heteroatoms. The molecule has 0 bridgehead atoms. The van der Waals surface area contributed by atoms with E-state index >= 15 is 0 Å². The summed E-state index contributed by atoms with van der Waals surface area (Å²) < 4.78 is 86.9. The van der Waals surface area contributed by atoms with Crippen LogP contribution in [-0.4, -0.2) is 37.5 Å². The van der Waals surface area contributed by atoms with Crippen molar-refractivity contribution in [2.45, 2.75) is 45.3 Å². The van der Waals surface area contributed by atoms with Gasteiger partial charge in [0.15, 0.2) is 5.88 Å². The van der Waals surface area contributed by atoms with Gasteiger partial charge in [-0.05, 0) is 42.2 Å². The van der Waals surface area contributed by atoms with Crippen LogP contribution in [0.4, 0.5) is 26.3 Å². The molecule has 0 spiro atoms. The number of ether oxygens (including phenoxy) is 1. The molecule has 0 aliphatic carbocycles. The van der Waals surface area contributed by atoms with Crippen molar-refractivity contribution >= 4 is 6.21 Å². The third-order valence-electron chi connectivity index (χ3n) is 5.91. The Labute approximate surface area is 247 Å². The largest absolute Gasteiger partial charge is 0.475 e. The summed E-state index contributed by atoms with van der Waals surface area (Å²) in [4.78, 5) is 0. The molecule has 0 aliphatic rings. The minimum atomic E-state index is -5.04. The average molecular weight is 611 g/mol. The second-order valence-electron chi connectivity index (χ2n) is 9.97. The van der Waals surface area contributed by atoms with Gasteiger partial charge in [0.05, 0.1) is 37.5 Å². The summed E-state index contributed by atoms with van der Waals surface area (Å²) in [7, 11) is 1.29. The van der Waals surface area contributed by atoms with Gasteiger partial charge >= 0.3 is 12.4 Å². The second kappa shape index (κ2) is 15.8. The molecule has 43 heavy (non-hydrogen) atoms. The summed E-state index contributed by atoms with van der Waals surface area (Å²) in [6.07, 6.45) is -9.01. The Morgan fingerprint density at radius 2 is 1.56 bits per heavy atom. The van der Waals surface area contributed by atoms with Crippen LogP contribution in [0.15, 0.2) is 101 Å². The van der Waals surface area contributed by atoms with Crippen molar-refractivity contribution in [3.63, 3.8) is 0 Å². The molecule has 2 aromatic rings. The summed E-state index contributed by atoms with van der Waals surface area (Å²) in [5.74, 6) is 0.532. The average Bonchev–Trinajstić information content (AvgIpc) is 2.92. The van der Waals surface area contributed by atoms with Gasteiger partial charge in [-0.2, -0.15) is 41.7 Å². The number of alkyl halides is 6. The molecule has 2 N–H and O–H groups in total. The van der Waals surface area contributed by atoms with Crippen molar-refractivity contribution in [3.8, 4) is 0 Å². The van der Waals surface area contributed by atoms with Gasteiger partial charge < -0.3 is 15.4 Å². The van der Waals surface area contributed by atoms with Crippen molar-refractivity contribution in [2.75, 3.05) is 20.1 Å². The summed E-state index contributed by atoms with van der Waals surface area (Å²) >= 11 is 0. The molecular formula is C30H36F6N6O. The topological polar surface area (TPSA) is 73.6 Å². The molecule has 1 atom stereocenters. The van der Waals surface area contributed by atoms with E-state index in [0.717, 1.165) is 10.7 Å². The minimum Gasteiger partial charge on any atom is -0.475 e. The lowest BCUT2D eigenvalue weighted by Gasteiger charge is -2.27. The van der Waals surface area contributed by atoms with Crippen LogP contribution in [0.2, 0.25) is 0 Å². The SMILES string of the molecule is C=C(CNC(=C)OCc1ccccc1)N[C@@H](CC(C)C)C(=C)CN(N=NC)/N=C/c1c(C(F)(F)F)cccc1C(F)(F)F. The van der Waals surface area contributed by atoms with E-state index in [1.54, 1.807) is 0 Å². The molecule has 0 aromatic heterocycles. The number of nitrogens with one attached hydrogen (secondary N) is 2. The fourth-order valence-corrected chi connectivity index (χ4v) is 3.91. The molecule has 2 rings (SSSR count). The van der Waals surface area contributed by atoms with E-state index in [2.05, 4.69) is 45.8 Å². The highest BCUT2D eigenvalue weighted by Gasteiger charge is 2.40. The van der Waals surface area contributed by atoms with Crippen LogP contribution in [0.1, 0.15) is 42.5 Å². The maximum absolute atomic E-state index is 13.5. The first-order valence-corrected chi connectivity index (χ1v) is 13.2. The molecule has 0 fully saturated rings. The molecule has 0 saturated carbocycles. The number of hydrogen-bond acceptors (Lipinski definition) is 6. The zero-order chi connectivity index (χ0) is 32.2. The first-order valence-electron chi connectivity index (χ1n) is 13.2. The van der Waals surface area contributed by atoms with Gasteiger partial charge in [0.25, 0.3) is 0 Å². The van der Waals surface area contributed by atoms with E-state index in [9.17, 15) is 26.3 Å². The zero-order valence-electron chi connectivity index (χ0n) is 24.3. The summed E-state index contributed by atoms with van der Waals surface area (Å²) in [6.45, 7) is 16.3. The fraction of sp³-hybridized carbons (Fsp3) is 0.367. The smallest absolute Gasteiger partial charge is 0.417 e. The molecule has 234 valence electrons. The quantitative estimate of drug-likeness (QED) is 0.0510. The van der Waals surface area contributed by atoms with E-state index in [1.165, 1.54) is 7.05 Å². The van der Waals surface area contributed by atoms with Crippen molar-refractivity contribution in [1.29, 1.82) is 0 Å². The molecular weight excluding hydrogens is 574 g/mol. The predicted molar refractivity (Wildman–Crippen MR) is 155 cm³/mol. The number of rotatable bonds is 16. The Morgan fingerprint density at radius 3 is 2.09 bits per heavy atom. The summed E-state index contributed by atoms with van der Waals surface area (Å²) in [6, 6.07) is 11.0. The van der Waals surface area contributed by atoms with Gasteiger partial charge in [-0.1, -0.05) is 68.6 Å². The highest BCUT2D eigenvalue weighted by Crippen LogP contribution is 2.38.